The number of hydrogen-bond donors (Lipinski definition) is 2. The zero-order chi connectivity index (χ0) is 13.1. The molecule has 0 aromatic carbocycles. The highest BCUT2D eigenvalue weighted by Gasteiger charge is 2.19. The Balaban J connectivity index is 2.69. The molecule has 96 valence electrons. The molecule has 0 fully saturated rings. The first-order valence-electron chi connectivity index (χ1n) is 5.89. The number of aromatic nitrogens is 1. The Labute approximate surface area is 104 Å². The third-order valence-corrected chi connectivity index (χ3v) is 3.16. The Hall–Kier alpha value is -1.45. The molecule has 17 heavy (non-hydrogen) atoms. The van der Waals surface area contributed by atoms with Crippen molar-refractivity contribution in [3.63, 3.8) is 0 Å². The van der Waals surface area contributed by atoms with E-state index in [9.17, 15) is 0 Å². The number of ether oxygens (including phenoxy) is 1. The van der Waals surface area contributed by atoms with E-state index in [1.807, 2.05) is 0 Å². The standard InChI is InChI=1S/C13H23N3O/c1-9(13(2,3)4)8-15-12-10(14)6-7-11(16-12)17-5/h6-7,9H,8,14H2,1-5H3,(H,15,16). The van der Waals surface area contributed by atoms with E-state index in [2.05, 4.69) is 38.0 Å². The normalized spacial score (nSPS) is 13.2. The second kappa shape index (κ2) is 5.25. The summed E-state index contributed by atoms with van der Waals surface area (Å²) in [7, 11) is 1.60. The predicted molar refractivity (Wildman–Crippen MR) is 72.3 cm³/mol. The van der Waals surface area contributed by atoms with E-state index < -0.39 is 0 Å². The maximum Gasteiger partial charge on any atom is 0.215 e. The Morgan fingerprint density at radius 1 is 1.41 bits per heavy atom. The second-order valence-electron chi connectivity index (χ2n) is 5.44. The van der Waals surface area contributed by atoms with E-state index in [0.717, 1.165) is 6.54 Å². The molecule has 1 atom stereocenters. The van der Waals surface area contributed by atoms with E-state index in [-0.39, 0.29) is 5.41 Å². The van der Waals surface area contributed by atoms with Crippen molar-refractivity contribution in [1.82, 2.24) is 4.98 Å². The Bertz CT molecular complexity index is 371. The van der Waals surface area contributed by atoms with Gasteiger partial charge in [0, 0.05) is 12.6 Å². The molecule has 0 saturated heterocycles. The lowest BCUT2D eigenvalue weighted by molar-refractivity contribution is 0.274. The smallest absolute Gasteiger partial charge is 0.215 e. The van der Waals surface area contributed by atoms with Crippen LogP contribution in [-0.4, -0.2) is 18.6 Å². The van der Waals surface area contributed by atoms with Crippen LogP contribution in [0, 0.1) is 11.3 Å². The number of nitrogens with one attached hydrogen (secondary N) is 1. The van der Waals surface area contributed by atoms with Crippen molar-refractivity contribution in [2.75, 3.05) is 24.7 Å². The summed E-state index contributed by atoms with van der Waals surface area (Å²) in [4.78, 5) is 4.29. The number of nitrogen functional groups attached to an aromatic ring is 1. The third kappa shape index (κ3) is 3.80. The minimum Gasteiger partial charge on any atom is -0.481 e. The monoisotopic (exact) mass is 237 g/mol. The summed E-state index contributed by atoms with van der Waals surface area (Å²) < 4.78 is 5.08. The third-order valence-electron chi connectivity index (χ3n) is 3.16. The molecule has 4 heteroatoms. The van der Waals surface area contributed by atoms with E-state index in [4.69, 9.17) is 10.5 Å². The van der Waals surface area contributed by atoms with Crippen molar-refractivity contribution < 1.29 is 4.74 Å². The van der Waals surface area contributed by atoms with Crippen LogP contribution in [0.4, 0.5) is 11.5 Å². The van der Waals surface area contributed by atoms with Gasteiger partial charge in [0.05, 0.1) is 12.8 Å². The molecule has 4 nitrogen and oxygen atoms in total. The second-order valence-corrected chi connectivity index (χ2v) is 5.44. The van der Waals surface area contributed by atoms with Crippen LogP contribution in [0.5, 0.6) is 5.88 Å². The largest absolute Gasteiger partial charge is 0.481 e. The molecule has 0 saturated carbocycles. The number of nitrogens with two attached hydrogens (primary N) is 1. The van der Waals surface area contributed by atoms with Gasteiger partial charge in [-0.05, 0) is 17.4 Å². The number of nitrogens with zero attached hydrogens (tertiary/aromatic N) is 1. The van der Waals surface area contributed by atoms with Gasteiger partial charge in [-0.25, -0.2) is 0 Å². The summed E-state index contributed by atoms with van der Waals surface area (Å²) in [5, 5.41) is 3.28. The number of hydrogen-bond acceptors (Lipinski definition) is 4. The maximum absolute atomic E-state index is 5.86. The predicted octanol–water partition coefficient (Wildman–Crippen LogP) is 2.77. The summed E-state index contributed by atoms with van der Waals surface area (Å²) >= 11 is 0. The van der Waals surface area contributed by atoms with Gasteiger partial charge in [-0.15, -0.1) is 0 Å². The van der Waals surface area contributed by atoms with Gasteiger partial charge in [-0.3, -0.25) is 0 Å². The first-order chi connectivity index (χ1) is 7.84. The molecule has 0 aliphatic rings. The number of methoxy groups -OCH3 is 1. The van der Waals surface area contributed by atoms with E-state index in [1.54, 1.807) is 19.2 Å². The van der Waals surface area contributed by atoms with Crippen LogP contribution in [0.25, 0.3) is 0 Å². The lowest BCUT2D eigenvalue weighted by Crippen LogP contribution is -2.25. The lowest BCUT2D eigenvalue weighted by atomic mass is 9.82. The Kier molecular flexibility index (Phi) is 4.21. The molecule has 0 spiro atoms. The van der Waals surface area contributed by atoms with Gasteiger partial charge in [0.15, 0.2) is 5.82 Å². The SMILES string of the molecule is COc1ccc(N)c(NCC(C)C(C)(C)C)n1. The van der Waals surface area contributed by atoms with Crippen molar-refractivity contribution in [2.24, 2.45) is 11.3 Å². The fraction of sp³-hybridized carbons (Fsp3) is 0.615. The number of pyridine rings is 1. The Morgan fingerprint density at radius 3 is 2.59 bits per heavy atom. The van der Waals surface area contributed by atoms with Gasteiger partial charge < -0.3 is 15.8 Å². The van der Waals surface area contributed by atoms with Crippen LogP contribution in [0.15, 0.2) is 12.1 Å². The van der Waals surface area contributed by atoms with Crippen LogP contribution in [-0.2, 0) is 0 Å². The van der Waals surface area contributed by atoms with E-state index in [0.29, 0.717) is 23.3 Å². The molecule has 3 N–H and O–H groups in total. The number of rotatable bonds is 4. The first-order valence-corrected chi connectivity index (χ1v) is 5.89. The highest BCUT2D eigenvalue weighted by molar-refractivity contribution is 5.61. The minimum absolute atomic E-state index is 0.265. The molecule has 0 aliphatic carbocycles. The molecular weight excluding hydrogens is 214 g/mol. The number of anilines is 2. The Morgan fingerprint density at radius 2 is 2.06 bits per heavy atom. The summed E-state index contributed by atoms with van der Waals surface area (Å²) in [5.41, 5.74) is 6.77. The first kappa shape index (κ1) is 13.6. The summed E-state index contributed by atoms with van der Waals surface area (Å²) in [6, 6.07) is 3.56. The zero-order valence-corrected chi connectivity index (χ0v) is 11.4. The fourth-order valence-electron chi connectivity index (χ4n) is 1.26. The van der Waals surface area contributed by atoms with E-state index in [1.165, 1.54) is 0 Å². The quantitative estimate of drug-likeness (QED) is 0.845. The molecule has 1 rings (SSSR count). The molecule has 0 radical (unpaired) electrons. The lowest BCUT2D eigenvalue weighted by Gasteiger charge is -2.27. The summed E-state index contributed by atoms with van der Waals surface area (Å²) in [6.45, 7) is 9.72. The molecule has 1 aromatic rings. The van der Waals surface area contributed by atoms with Gasteiger partial charge in [0.2, 0.25) is 5.88 Å². The average molecular weight is 237 g/mol. The van der Waals surface area contributed by atoms with Crippen LogP contribution in [0.3, 0.4) is 0 Å². The van der Waals surface area contributed by atoms with Crippen LogP contribution >= 0.6 is 0 Å². The van der Waals surface area contributed by atoms with Crippen LogP contribution in [0.1, 0.15) is 27.7 Å². The van der Waals surface area contributed by atoms with Gasteiger partial charge in [0.1, 0.15) is 0 Å². The topological polar surface area (TPSA) is 60.2 Å². The van der Waals surface area contributed by atoms with Crippen molar-refractivity contribution >= 4 is 11.5 Å². The average Bonchev–Trinajstić information content (AvgIpc) is 2.26. The van der Waals surface area contributed by atoms with Gasteiger partial charge in [0.25, 0.3) is 0 Å². The molecule has 1 aromatic heterocycles. The highest BCUT2D eigenvalue weighted by atomic mass is 16.5. The molecule has 0 amide bonds. The highest BCUT2D eigenvalue weighted by Crippen LogP contribution is 2.26. The molecule has 0 bridgehead atoms. The van der Waals surface area contributed by atoms with Gasteiger partial charge >= 0.3 is 0 Å². The molecule has 1 unspecified atom stereocenters. The summed E-state index contributed by atoms with van der Waals surface area (Å²) in [6.07, 6.45) is 0. The molecule has 0 aliphatic heterocycles. The van der Waals surface area contributed by atoms with Crippen molar-refractivity contribution in [1.29, 1.82) is 0 Å². The molecule has 1 heterocycles. The van der Waals surface area contributed by atoms with Gasteiger partial charge in [-0.2, -0.15) is 4.98 Å². The van der Waals surface area contributed by atoms with Crippen molar-refractivity contribution in [3.05, 3.63) is 12.1 Å². The maximum atomic E-state index is 5.86. The van der Waals surface area contributed by atoms with E-state index >= 15 is 0 Å². The van der Waals surface area contributed by atoms with Crippen molar-refractivity contribution in [2.45, 2.75) is 27.7 Å². The van der Waals surface area contributed by atoms with Crippen LogP contribution in [0.2, 0.25) is 0 Å². The van der Waals surface area contributed by atoms with Crippen LogP contribution < -0.4 is 15.8 Å². The fourth-order valence-corrected chi connectivity index (χ4v) is 1.26. The summed E-state index contributed by atoms with van der Waals surface area (Å²) in [5.74, 6) is 1.79. The molecular formula is C13H23N3O. The zero-order valence-electron chi connectivity index (χ0n) is 11.4. The van der Waals surface area contributed by atoms with Gasteiger partial charge in [-0.1, -0.05) is 27.7 Å². The minimum atomic E-state index is 0.265. The van der Waals surface area contributed by atoms with Crippen molar-refractivity contribution in [3.8, 4) is 5.88 Å².